The summed E-state index contributed by atoms with van der Waals surface area (Å²) in [6.07, 6.45) is 1.22. The van der Waals surface area contributed by atoms with Gasteiger partial charge in [-0.15, -0.1) is 10.2 Å². The highest BCUT2D eigenvalue weighted by Gasteiger charge is 2.10. The molecule has 0 radical (unpaired) electrons. The molecule has 0 spiro atoms. The zero-order valence-electron chi connectivity index (χ0n) is 12.1. The van der Waals surface area contributed by atoms with Crippen molar-refractivity contribution < 1.29 is 23.1 Å². The molecule has 0 saturated heterocycles. The molecule has 0 bridgehead atoms. The first-order valence-electron chi connectivity index (χ1n) is 6.77. The van der Waals surface area contributed by atoms with E-state index in [4.69, 9.17) is 25.5 Å². The van der Waals surface area contributed by atoms with Crippen LogP contribution in [0.4, 0.5) is 4.39 Å². The van der Waals surface area contributed by atoms with Crippen LogP contribution in [-0.4, -0.2) is 22.8 Å². The Morgan fingerprint density at radius 3 is 2.67 bits per heavy atom. The van der Waals surface area contributed by atoms with Gasteiger partial charge in [-0.05, 0) is 42.5 Å². The summed E-state index contributed by atoms with van der Waals surface area (Å²) in [5.41, 5.74) is 0.696. The topological polar surface area (TPSA) is 74.5 Å². The van der Waals surface area contributed by atoms with Crippen LogP contribution in [0.15, 0.2) is 53.3 Å². The van der Waals surface area contributed by atoms with Crippen molar-refractivity contribution in [2.24, 2.45) is 0 Å². The van der Waals surface area contributed by atoms with Gasteiger partial charge in [-0.3, -0.25) is 0 Å². The summed E-state index contributed by atoms with van der Waals surface area (Å²) in [5.74, 6) is -0.224. The third-order valence-corrected chi connectivity index (χ3v) is 3.23. The van der Waals surface area contributed by atoms with Crippen molar-refractivity contribution in [3.63, 3.8) is 0 Å². The Balaban J connectivity index is 1.56. The standard InChI is InChI=1S/C16H10ClFN2O4/c17-13-7-11(18)3-6-14(13)22-8-15(21)24-12-4-1-10(2-5-12)16-20-19-9-23-16/h1-7,9H,8H2. The summed E-state index contributed by atoms with van der Waals surface area (Å²) < 4.78 is 28.3. The maximum absolute atomic E-state index is 12.9. The van der Waals surface area contributed by atoms with E-state index in [0.29, 0.717) is 17.2 Å². The number of esters is 1. The van der Waals surface area contributed by atoms with Gasteiger partial charge in [-0.25, -0.2) is 9.18 Å². The lowest BCUT2D eigenvalue weighted by atomic mass is 10.2. The Kier molecular flexibility index (Phi) is 4.72. The molecule has 2 aromatic carbocycles. The summed E-state index contributed by atoms with van der Waals surface area (Å²) in [5, 5.41) is 7.43. The first kappa shape index (κ1) is 15.9. The first-order valence-corrected chi connectivity index (χ1v) is 7.15. The third kappa shape index (κ3) is 3.88. The highest BCUT2D eigenvalue weighted by atomic mass is 35.5. The second kappa shape index (κ2) is 7.10. The van der Waals surface area contributed by atoms with E-state index in [9.17, 15) is 9.18 Å². The summed E-state index contributed by atoms with van der Waals surface area (Å²) in [4.78, 5) is 11.8. The molecule has 0 fully saturated rings. The number of benzene rings is 2. The highest BCUT2D eigenvalue weighted by molar-refractivity contribution is 6.32. The van der Waals surface area contributed by atoms with Gasteiger partial charge in [0.25, 0.3) is 0 Å². The van der Waals surface area contributed by atoms with Crippen molar-refractivity contribution in [2.75, 3.05) is 6.61 Å². The predicted molar refractivity (Wildman–Crippen MR) is 82.3 cm³/mol. The van der Waals surface area contributed by atoms with E-state index in [2.05, 4.69) is 10.2 Å². The number of hydrogen-bond acceptors (Lipinski definition) is 6. The molecule has 3 rings (SSSR count). The highest BCUT2D eigenvalue weighted by Crippen LogP contribution is 2.25. The van der Waals surface area contributed by atoms with Crippen molar-refractivity contribution in [1.29, 1.82) is 0 Å². The minimum atomic E-state index is -0.624. The van der Waals surface area contributed by atoms with Crippen LogP contribution < -0.4 is 9.47 Å². The van der Waals surface area contributed by atoms with Crippen LogP contribution in [0.5, 0.6) is 11.5 Å². The molecular formula is C16H10ClFN2O4. The molecule has 0 aliphatic carbocycles. The molecule has 0 aliphatic rings. The zero-order valence-corrected chi connectivity index (χ0v) is 12.9. The molecule has 24 heavy (non-hydrogen) atoms. The van der Waals surface area contributed by atoms with Crippen LogP contribution >= 0.6 is 11.6 Å². The van der Waals surface area contributed by atoms with Crippen LogP contribution in [0.25, 0.3) is 11.5 Å². The molecule has 0 aliphatic heterocycles. The molecule has 0 amide bonds. The average molecular weight is 349 g/mol. The van der Waals surface area contributed by atoms with Gasteiger partial charge < -0.3 is 13.9 Å². The molecule has 1 aromatic heterocycles. The average Bonchev–Trinajstić information content (AvgIpc) is 3.09. The quantitative estimate of drug-likeness (QED) is 0.519. The van der Waals surface area contributed by atoms with Gasteiger partial charge in [0.05, 0.1) is 5.02 Å². The smallest absolute Gasteiger partial charge is 0.349 e. The second-order valence-electron chi connectivity index (χ2n) is 4.61. The van der Waals surface area contributed by atoms with Crippen molar-refractivity contribution in [3.05, 3.63) is 59.7 Å². The largest absolute Gasteiger partial charge is 0.480 e. The number of nitrogens with zero attached hydrogens (tertiary/aromatic N) is 2. The number of rotatable bonds is 5. The minimum absolute atomic E-state index is 0.0757. The number of carbonyl (C=O) groups is 1. The lowest BCUT2D eigenvalue weighted by Crippen LogP contribution is -2.17. The van der Waals surface area contributed by atoms with E-state index in [-0.39, 0.29) is 17.4 Å². The minimum Gasteiger partial charge on any atom is -0.480 e. The molecule has 0 atom stereocenters. The van der Waals surface area contributed by atoms with Gasteiger partial charge in [-0.2, -0.15) is 0 Å². The maximum atomic E-state index is 12.9. The molecule has 8 heteroatoms. The molecule has 1 heterocycles. The Bertz CT molecular complexity index is 838. The van der Waals surface area contributed by atoms with Gasteiger partial charge in [0.15, 0.2) is 6.61 Å². The molecule has 0 N–H and O–H groups in total. The monoisotopic (exact) mass is 348 g/mol. The van der Waals surface area contributed by atoms with Crippen LogP contribution in [0.3, 0.4) is 0 Å². The number of aromatic nitrogens is 2. The van der Waals surface area contributed by atoms with Crippen molar-refractivity contribution in [2.45, 2.75) is 0 Å². The van der Waals surface area contributed by atoms with Crippen LogP contribution in [0, 0.1) is 5.82 Å². The zero-order chi connectivity index (χ0) is 16.9. The normalized spacial score (nSPS) is 10.4. The predicted octanol–water partition coefficient (Wildman–Crippen LogP) is 3.51. The van der Waals surface area contributed by atoms with Gasteiger partial charge in [0.1, 0.15) is 17.3 Å². The van der Waals surface area contributed by atoms with E-state index in [1.165, 1.54) is 18.5 Å². The summed E-state index contributed by atoms with van der Waals surface area (Å²) in [6.45, 7) is -0.364. The molecule has 0 unspecified atom stereocenters. The first-order chi connectivity index (χ1) is 11.6. The summed E-state index contributed by atoms with van der Waals surface area (Å²) >= 11 is 5.80. The molecule has 3 aromatic rings. The molecular weight excluding hydrogens is 339 g/mol. The van der Waals surface area contributed by atoms with Crippen molar-refractivity contribution >= 4 is 17.6 Å². The van der Waals surface area contributed by atoms with Gasteiger partial charge >= 0.3 is 5.97 Å². The Labute approximate surface area is 140 Å². The lowest BCUT2D eigenvalue weighted by molar-refractivity contribution is -0.136. The van der Waals surface area contributed by atoms with Crippen LogP contribution in [0.2, 0.25) is 5.02 Å². The van der Waals surface area contributed by atoms with Gasteiger partial charge in [0, 0.05) is 5.56 Å². The Morgan fingerprint density at radius 1 is 1.21 bits per heavy atom. The molecule has 122 valence electrons. The van der Waals surface area contributed by atoms with Crippen LogP contribution in [0.1, 0.15) is 0 Å². The van der Waals surface area contributed by atoms with E-state index >= 15 is 0 Å². The maximum Gasteiger partial charge on any atom is 0.349 e. The number of ether oxygens (including phenoxy) is 2. The molecule has 0 saturated carbocycles. The van der Waals surface area contributed by atoms with E-state index < -0.39 is 11.8 Å². The fraction of sp³-hybridized carbons (Fsp3) is 0.0625. The number of hydrogen-bond donors (Lipinski definition) is 0. The van der Waals surface area contributed by atoms with E-state index in [1.807, 2.05) is 0 Å². The van der Waals surface area contributed by atoms with E-state index in [0.717, 1.165) is 6.07 Å². The third-order valence-electron chi connectivity index (χ3n) is 2.93. The second-order valence-corrected chi connectivity index (χ2v) is 5.01. The fourth-order valence-electron chi connectivity index (χ4n) is 1.85. The summed E-state index contributed by atoms with van der Waals surface area (Å²) in [7, 11) is 0. The SMILES string of the molecule is O=C(COc1ccc(F)cc1Cl)Oc1ccc(-c2nnco2)cc1. The fourth-order valence-corrected chi connectivity index (χ4v) is 2.08. The van der Waals surface area contributed by atoms with Crippen molar-refractivity contribution in [3.8, 4) is 23.0 Å². The van der Waals surface area contributed by atoms with E-state index in [1.54, 1.807) is 24.3 Å². The summed E-state index contributed by atoms with van der Waals surface area (Å²) in [6, 6.07) is 10.1. The van der Waals surface area contributed by atoms with Crippen LogP contribution in [-0.2, 0) is 4.79 Å². The lowest BCUT2D eigenvalue weighted by Gasteiger charge is -2.08. The number of halogens is 2. The van der Waals surface area contributed by atoms with Gasteiger partial charge in [-0.1, -0.05) is 11.6 Å². The Hall–Kier alpha value is -2.93. The van der Waals surface area contributed by atoms with Crippen molar-refractivity contribution in [1.82, 2.24) is 10.2 Å². The van der Waals surface area contributed by atoms with Gasteiger partial charge in [0.2, 0.25) is 12.3 Å². The Morgan fingerprint density at radius 2 is 2.00 bits per heavy atom. The molecule has 6 nitrogen and oxygen atoms in total. The number of carbonyl (C=O) groups excluding carboxylic acids is 1.